The highest BCUT2D eigenvalue weighted by molar-refractivity contribution is 6.81. The Hall–Kier alpha value is 0.177. The van der Waals surface area contributed by atoms with E-state index >= 15 is 0 Å². The highest BCUT2D eigenvalue weighted by Gasteiger charge is 2.32. The number of hydrogen-bond donors (Lipinski definition) is 1. The summed E-state index contributed by atoms with van der Waals surface area (Å²) < 4.78 is 0. The van der Waals surface area contributed by atoms with Gasteiger partial charge in [-0.25, -0.2) is 0 Å². The molecule has 1 heterocycles. The Balaban J connectivity index is 2.01. The zero-order valence-corrected chi connectivity index (χ0v) is 7.90. The summed E-state index contributed by atoms with van der Waals surface area (Å²) in [6, 6.07) is 4.57. The zero-order chi connectivity index (χ0) is 7.45. The van der Waals surface area contributed by atoms with Crippen molar-refractivity contribution in [1.82, 2.24) is 0 Å². The van der Waals surface area contributed by atoms with Gasteiger partial charge >= 0.3 is 0 Å². The molecule has 1 fully saturated rings. The van der Waals surface area contributed by atoms with E-state index in [1.54, 1.807) is 12.1 Å². The smallest absolute Gasteiger partial charge is 0.0504 e. The van der Waals surface area contributed by atoms with Gasteiger partial charge in [0.05, 0.1) is 8.07 Å². The first-order chi connectivity index (χ1) is 4.77. The minimum atomic E-state index is -0.645. The molecular weight excluding hydrogens is 140 g/mol. The number of hydrogen-bond acceptors (Lipinski definition) is 1. The molecule has 0 atom stereocenters. The van der Waals surface area contributed by atoms with Crippen molar-refractivity contribution < 1.29 is 5.11 Å². The molecular formula is C8H18OSi. The van der Waals surface area contributed by atoms with E-state index in [1.165, 1.54) is 18.9 Å². The Labute approximate surface area is 64.5 Å². The summed E-state index contributed by atoms with van der Waals surface area (Å²) in [7, 11) is -0.645. The predicted molar refractivity (Wildman–Crippen MR) is 47.0 cm³/mol. The molecule has 1 nitrogen and oxygen atoms in total. The van der Waals surface area contributed by atoms with Crippen LogP contribution in [0.25, 0.3) is 0 Å². The Morgan fingerprint density at radius 1 is 1.30 bits per heavy atom. The largest absolute Gasteiger partial charge is 0.396 e. The van der Waals surface area contributed by atoms with Crippen LogP contribution in [-0.4, -0.2) is 19.8 Å². The first-order valence-corrected chi connectivity index (χ1v) is 7.50. The first-order valence-electron chi connectivity index (χ1n) is 4.38. The number of aliphatic hydroxyl groups is 1. The normalized spacial score (nSPS) is 22.2. The van der Waals surface area contributed by atoms with Gasteiger partial charge in [0.25, 0.3) is 0 Å². The van der Waals surface area contributed by atoms with Gasteiger partial charge in [0.1, 0.15) is 0 Å². The molecule has 60 valence electrons. The van der Waals surface area contributed by atoms with Crippen molar-refractivity contribution in [3.63, 3.8) is 0 Å². The quantitative estimate of drug-likeness (QED) is 0.491. The van der Waals surface area contributed by atoms with E-state index in [4.69, 9.17) is 5.11 Å². The third-order valence-electron chi connectivity index (χ3n) is 2.75. The van der Waals surface area contributed by atoms with E-state index in [0.717, 1.165) is 6.42 Å². The Morgan fingerprint density at radius 3 is 2.40 bits per heavy atom. The molecule has 2 heteroatoms. The van der Waals surface area contributed by atoms with Crippen LogP contribution >= 0.6 is 0 Å². The molecule has 1 aliphatic heterocycles. The van der Waals surface area contributed by atoms with Crippen molar-refractivity contribution in [3.8, 4) is 0 Å². The Kier molecular flexibility index (Phi) is 2.92. The summed E-state index contributed by atoms with van der Waals surface area (Å²) in [5, 5.41) is 8.57. The molecule has 0 saturated carbocycles. The lowest BCUT2D eigenvalue weighted by atomic mass is 10.4. The minimum Gasteiger partial charge on any atom is -0.396 e. The third-order valence-corrected chi connectivity index (χ3v) is 7.43. The number of aliphatic hydroxyl groups excluding tert-OH is 1. The van der Waals surface area contributed by atoms with Gasteiger partial charge in [-0.05, 0) is 6.42 Å². The van der Waals surface area contributed by atoms with E-state index in [0.29, 0.717) is 6.61 Å². The molecule has 1 saturated heterocycles. The highest BCUT2D eigenvalue weighted by Crippen LogP contribution is 2.36. The van der Waals surface area contributed by atoms with Crippen LogP contribution in [-0.2, 0) is 0 Å². The van der Waals surface area contributed by atoms with Gasteiger partial charge in [-0.1, -0.05) is 37.5 Å². The van der Waals surface area contributed by atoms with Crippen molar-refractivity contribution in [1.29, 1.82) is 0 Å². The molecule has 0 radical (unpaired) electrons. The van der Waals surface area contributed by atoms with Crippen molar-refractivity contribution in [3.05, 3.63) is 0 Å². The monoisotopic (exact) mass is 158 g/mol. The van der Waals surface area contributed by atoms with Crippen LogP contribution in [0, 0.1) is 0 Å². The fourth-order valence-electron chi connectivity index (χ4n) is 1.69. The average molecular weight is 158 g/mol. The van der Waals surface area contributed by atoms with Crippen molar-refractivity contribution >= 4 is 8.07 Å². The van der Waals surface area contributed by atoms with Crippen LogP contribution in [0.4, 0.5) is 0 Å². The molecule has 0 spiro atoms. The van der Waals surface area contributed by atoms with Gasteiger partial charge in [0, 0.05) is 6.61 Å². The summed E-state index contributed by atoms with van der Waals surface area (Å²) in [5.74, 6) is 0. The zero-order valence-electron chi connectivity index (χ0n) is 6.90. The fourth-order valence-corrected chi connectivity index (χ4v) is 4.86. The van der Waals surface area contributed by atoms with E-state index < -0.39 is 8.07 Å². The molecule has 0 aromatic carbocycles. The van der Waals surface area contributed by atoms with Gasteiger partial charge in [0.2, 0.25) is 0 Å². The van der Waals surface area contributed by atoms with Crippen LogP contribution in [0.1, 0.15) is 19.3 Å². The topological polar surface area (TPSA) is 20.2 Å². The highest BCUT2D eigenvalue weighted by atomic mass is 28.3. The van der Waals surface area contributed by atoms with Gasteiger partial charge in [0.15, 0.2) is 0 Å². The molecule has 0 bridgehead atoms. The molecule has 0 unspecified atom stereocenters. The minimum absolute atomic E-state index is 0.393. The molecule has 10 heavy (non-hydrogen) atoms. The standard InChI is InChI=1S/C8H18OSi/c1-10(7-4-8-10)6-3-2-5-9/h9H,2-8H2,1H3. The van der Waals surface area contributed by atoms with Crippen molar-refractivity contribution in [2.75, 3.05) is 6.61 Å². The van der Waals surface area contributed by atoms with Crippen molar-refractivity contribution in [2.24, 2.45) is 0 Å². The molecule has 0 aliphatic carbocycles. The maximum absolute atomic E-state index is 8.57. The van der Waals surface area contributed by atoms with E-state index in [9.17, 15) is 0 Å². The van der Waals surface area contributed by atoms with E-state index in [-0.39, 0.29) is 0 Å². The molecule has 0 aromatic heterocycles. The molecule has 1 aliphatic rings. The fraction of sp³-hybridized carbons (Fsp3) is 1.00. The van der Waals surface area contributed by atoms with E-state index in [1.807, 2.05) is 0 Å². The summed E-state index contributed by atoms with van der Waals surface area (Å²) in [6.45, 7) is 2.90. The maximum atomic E-state index is 8.57. The van der Waals surface area contributed by atoms with Gasteiger partial charge in [-0.2, -0.15) is 0 Å². The second-order valence-corrected chi connectivity index (χ2v) is 8.97. The second-order valence-electron chi connectivity index (χ2n) is 3.84. The lowest BCUT2D eigenvalue weighted by Gasteiger charge is -2.36. The average Bonchev–Trinajstić information content (AvgIpc) is 1.85. The summed E-state index contributed by atoms with van der Waals surface area (Å²) in [6.07, 6.45) is 3.80. The third kappa shape index (κ3) is 2.10. The summed E-state index contributed by atoms with van der Waals surface area (Å²) in [5.41, 5.74) is 0. The predicted octanol–water partition coefficient (Wildman–Crippen LogP) is 2.24. The lowest BCUT2D eigenvalue weighted by molar-refractivity contribution is 0.286. The van der Waals surface area contributed by atoms with Gasteiger partial charge < -0.3 is 5.11 Å². The van der Waals surface area contributed by atoms with Gasteiger partial charge in [-0.15, -0.1) is 0 Å². The van der Waals surface area contributed by atoms with Gasteiger partial charge in [-0.3, -0.25) is 0 Å². The van der Waals surface area contributed by atoms with Crippen LogP contribution < -0.4 is 0 Å². The SMILES string of the molecule is C[Si]1(CCCCO)CCC1. The summed E-state index contributed by atoms with van der Waals surface area (Å²) >= 11 is 0. The van der Waals surface area contributed by atoms with Crippen LogP contribution in [0.5, 0.6) is 0 Å². The first kappa shape index (κ1) is 8.28. The molecule has 0 aromatic rings. The van der Waals surface area contributed by atoms with Crippen LogP contribution in [0.2, 0.25) is 24.7 Å². The molecule has 1 rings (SSSR count). The van der Waals surface area contributed by atoms with Crippen LogP contribution in [0.15, 0.2) is 0 Å². The maximum Gasteiger partial charge on any atom is 0.0504 e. The molecule has 1 N–H and O–H groups in total. The van der Waals surface area contributed by atoms with Crippen molar-refractivity contribution in [2.45, 2.75) is 43.9 Å². The lowest BCUT2D eigenvalue weighted by Crippen LogP contribution is -2.37. The molecule has 0 amide bonds. The Morgan fingerprint density at radius 2 is 2.00 bits per heavy atom. The van der Waals surface area contributed by atoms with E-state index in [2.05, 4.69) is 6.55 Å². The Bertz CT molecular complexity index is 99.4. The summed E-state index contributed by atoms with van der Waals surface area (Å²) in [4.78, 5) is 0. The second kappa shape index (κ2) is 3.53. The number of unbranched alkanes of at least 4 members (excludes halogenated alkanes) is 1. The number of rotatable bonds is 4. The van der Waals surface area contributed by atoms with Crippen LogP contribution in [0.3, 0.4) is 0 Å².